The maximum absolute atomic E-state index is 11.9. The number of rotatable bonds is 6. The van der Waals surface area contributed by atoms with Crippen LogP contribution in [-0.2, 0) is 11.2 Å². The number of aromatic amines is 1. The lowest BCUT2D eigenvalue weighted by Gasteiger charge is -2.20. The number of hydrogen-bond acceptors (Lipinski definition) is 2. The van der Waals surface area contributed by atoms with Gasteiger partial charge in [-0.3, -0.25) is 4.79 Å². The van der Waals surface area contributed by atoms with Gasteiger partial charge in [-0.1, -0.05) is 6.42 Å². The number of carbonyl (C=O) groups excluding carboxylic acids is 1. The molecule has 0 spiro atoms. The summed E-state index contributed by atoms with van der Waals surface area (Å²) < 4.78 is 0. The van der Waals surface area contributed by atoms with Crippen LogP contribution < -0.4 is 5.32 Å². The number of imidazole rings is 1. The molecule has 2 N–H and O–H groups in total. The minimum Gasteiger partial charge on any atom is -0.356 e. The molecule has 1 heterocycles. The second kappa shape index (κ2) is 5.76. The SMILES string of the molecule is O=C(CC1CC2CCC1C2)NCCCc1ncc[nH]1. The molecule has 2 aliphatic carbocycles. The van der Waals surface area contributed by atoms with Crippen molar-refractivity contribution in [2.24, 2.45) is 17.8 Å². The van der Waals surface area contributed by atoms with E-state index >= 15 is 0 Å². The molecule has 0 radical (unpaired) electrons. The van der Waals surface area contributed by atoms with Crippen molar-refractivity contribution in [1.29, 1.82) is 0 Å². The highest BCUT2D eigenvalue weighted by atomic mass is 16.1. The van der Waals surface area contributed by atoms with Crippen LogP contribution in [0, 0.1) is 17.8 Å². The molecule has 19 heavy (non-hydrogen) atoms. The van der Waals surface area contributed by atoms with Gasteiger partial charge in [0.2, 0.25) is 5.91 Å². The van der Waals surface area contributed by atoms with Crippen molar-refractivity contribution in [2.75, 3.05) is 6.54 Å². The van der Waals surface area contributed by atoms with Crippen LogP contribution in [0.15, 0.2) is 12.4 Å². The molecule has 2 bridgehead atoms. The number of H-pyrrole nitrogens is 1. The Bertz CT molecular complexity index is 415. The standard InChI is InChI=1S/C15H23N3O/c19-15(10-13-9-11-3-4-12(13)8-11)18-5-1-2-14-16-6-7-17-14/h6-7,11-13H,1-5,8-10H2,(H,16,17)(H,18,19). The lowest BCUT2D eigenvalue weighted by atomic mass is 9.86. The van der Waals surface area contributed by atoms with Gasteiger partial charge in [-0.05, 0) is 43.4 Å². The minimum atomic E-state index is 0.247. The fourth-order valence-corrected chi connectivity index (χ4v) is 3.86. The number of aryl methyl sites for hydroxylation is 1. The molecule has 2 aliphatic rings. The minimum absolute atomic E-state index is 0.247. The first-order valence-electron chi connectivity index (χ1n) is 7.56. The highest BCUT2D eigenvalue weighted by Gasteiger charge is 2.39. The molecule has 2 saturated carbocycles. The van der Waals surface area contributed by atoms with Crippen molar-refractivity contribution in [2.45, 2.75) is 44.9 Å². The summed E-state index contributed by atoms with van der Waals surface area (Å²) in [6.45, 7) is 0.764. The zero-order valence-electron chi connectivity index (χ0n) is 11.4. The summed E-state index contributed by atoms with van der Waals surface area (Å²) in [4.78, 5) is 19.2. The van der Waals surface area contributed by atoms with Gasteiger partial charge >= 0.3 is 0 Å². The number of nitrogens with one attached hydrogen (secondary N) is 2. The summed E-state index contributed by atoms with van der Waals surface area (Å²) in [5.74, 6) is 3.70. The summed E-state index contributed by atoms with van der Waals surface area (Å²) in [6, 6.07) is 0. The lowest BCUT2D eigenvalue weighted by molar-refractivity contribution is -0.122. The van der Waals surface area contributed by atoms with E-state index in [1.165, 1.54) is 25.7 Å². The summed E-state index contributed by atoms with van der Waals surface area (Å²) in [5, 5.41) is 3.05. The Morgan fingerprint density at radius 2 is 2.37 bits per heavy atom. The third kappa shape index (κ3) is 3.17. The van der Waals surface area contributed by atoms with E-state index in [1.54, 1.807) is 6.20 Å². The molecule has 4 nitrogen and oxygen atoms in total. The first kappa shape index (κ1) is 12.7. The summed E-state index contributed by atoms with van der Waals surface area (Å²) >= 11 is 0. The van der Waals surface area contributed by atoms with Crippen molar-refractivity contribution >= 4 is 5.91 Å². The summed E-state index contributed by atoms with van der Waals surface area (Å²) in [7, 11) is 0. The largest absolute Gasteiger partial charge is 0.356 e. The topological polar surface area (TPSA) is 57.8 Å². The predicted molar refractivity (Wildman–Crippen MR) is 73.5 cm³/mol. The molecule has 1 aromatic heterocycles. The van der Waals surface area contributed by atoms with E-state index in [4.69, 9.17) is 0 Å². The molecular formula is C15H23N3O. The zero-order valence-corrected chi connectivity index (χ0v) is 11.4. The monoisotopic (exact) mass is 261 g/mol. The molecule has 1 aromatic rings. The first-order chi connectivity index (χ1) is 9.31. The van der Waals surface area contributed by atoms with Gasteiger partial charge in [-0.25, -0.2) is 4.98 Å². The van der Waals surface area contributed by atoms with Crippen LogP contribution in [0.2, 0.25) is 0 Å². The van der Waals surface area contributed by atoms with Crippen LogP contribution in [0.1, 0.15) is 44.3 Å². The van der Waals surface area contributed by atoms with Crippen LogP contribution in [0.4, 0.5) is 0 Å². The molecule has 104 valence electrons. The van der Waals surface area contributed by atoms with E-state index in [-0.39, 0.29) is 5.91 Å². The second-order valence-electron chi connectivity index (χ2n) is 6.13. The average molecular weight is 261 g/mol. The molecule has 0 saturated heterocycles. The van der Waals surface area contributed by atoms with E-state index in [0.29, 0.717) is 5.92 Å². The Morgan fingerprint density at radius 1 is 1.42 bits per heavy atom. The molecule has 1 amide bonds. The number of amides is 1. The van der Waals surface area contributed by atoms with E-state index in [2.05, 4.69) is 15.3 Å². The van der Waals surface area contributed by atoms with Crippen molar-refractivity contribution < 1.29 is 4.79 Å². The Morgan fingerprint density at radius 3 is 3.05 bits per heavy atom. The smallest absolute Gasteiger partial charge is 0.220 e. The fraction of sp³-hybridized carbons (Fsp3) is 0.733. The van der Waals surface area contributed by atoms with E-state index < -0.39 is 0 Å². The second-order valence-corrected chi connectivity index (χ2v) is 6.13. The van der Waals surface area contributed by atoms with Crippen LogP contribution in [0.25, 0.3) is 0 Å². The van der Waals surface area contributed by atoms with Crippen LogP contribution in [-0.4, -0.2) is 22.4 Å². The molecule has 3 unspecified atom stereocenters. The van der Waals surface area contributed by atoms with Gasteiger partial charge in [-0.2, -0.15) is 0 Å². The highest BCUT2D eigenvalue weighted by molar-refractivity contribution is 5.76. The molecule has 4 heteroatoms. The van der Waals surface area contributed by atoms with E-state index in [0.717, 1.165) is 43.5 Å². The first-order valence-corrected chi connectivity index (χ1v) is 7.56. The maximum Gasteiger partial charge on any atom is 0.220 e. The van der Waals surface area contributed by atoms with E-state index in [9.17, 15) is 4.79 Å². The number of fused-ring (bicyclic) bond motifs is 2. The highest BCUT2D eigenvalue weighted by Crippen LogP contribution is 2.49. The van der Waals surface area contributed by atoms with E-state index in [1.807, 2.05) is 6.20 Å². The molecular weight excluding hydrogens is 238 g/mol. The third-order valence-electron chi connectivity index (χ3n) is 4.80. The molecule has 0 aliphatic heterocycles. The van der Waals surface area contributed by atoms with Gasteiger partial charge in [0.15, 0.2) is 0 Å². The van der Waals surface area contributed by atoms with Gasteiger partial charge in [0.1, 0.15) is 5.82 Å². The number of aromatic nitrogens is 2. The Balaban J connectivity index is 1.31. The predicted octanol–water partition coefficient (Wildman–Crippen LogP) is 2.28. The van der Waals surface area contributed by atoms with Gasteiger partial charge in [0.25, 0.3) is 0 Å². The molecule has 3 rings (SSSR count). The van der Waals surface area contributed by atoms with Crippen molar-refractivity contribution in [3.05, 3.63) is 18.2 Å². The third-order valence-corrected chi connectivity index (χ3v) is 4.80. The molecule has 3 atom stereocenters. The van der Waals surface area contributed by atoms with Crippen LogP contribution in [0.5, 0.6) is 0 Å². The molecule has 2 fully saturated rings. The quantitative estimate of drug-likeness (QED) is 0.772. The summed E-state index contributed by atoms with van der Waals surface area (Å²) in [6.07, 6.45) is 11.7. The maximum atomic E-state index is 11.9. The van der Waals surface area contributed by atoms with Crippen molar-refractivity contribution in [3.63, 3.8) is 0 Å². The van der Waals surface area contributed by atoms with Crippen LogP contribution >= 0.6 is 0 Å². The fourth-order valence-electron chi connectivity index (χ4n) is 3.86. The number of carbonyl (C=O) groups is 1. The Hall–Kier alpha value is -1.32. The summed E-state index contributed by atoms with van der Waals surface area (Å²) in [5.41, 5.74) is 0. The van der Waals surface area contributed by atoms with Crippen molar-refractivity contribution in [1.82, 2.24) is 15.3 Å². The van der Waals surface area contributed by atoms with Crippen LogP contribution in [0.3, 0.4) is 0 Å². The van der Waals surface area contributed by atoms with Gasteiger partial charge in [0, 0.05) is 31.8 Å². The Kier molecular flexibility index (Phi) is 3.85. The Labute approximate surface area is 114 Å². The van der Waals surface area contributed by atoms with Crippen molar-refractivity contribution in [3.8, 4) is 0 Å². The lowest BCUT2D eigenvalue weighted by Crippen LogP contribution is -2.28. The van der Waals surface area contributed by atoms with Gasteiger partial charge < -0.3 is 10.3 Å². The van der Waals surface area contributed by atoms with Gasteiger partial charge in [-0.15, -0.1) is 0 Å². The zero-order chi connectivity index (χ0) is 13.1. The number of nitrogens with zero attached hydrogens (tertiary/aromatic N) is 1. The molecule has 0 aromatic carbocycles. The van der Waals surface area contributed by atoms with Gasteiger partial charge in [0.05, 0.1) is 0 Å². The number of hydrogen-bond donors (Lipinski definition) is 2. The average Bonchev–Trinajstić information content (AvgIpc) is 3.11. The normalized spacial score (nSPS) is 28.7.